The van der Waals surface area contributed by atoms with Gasteiger partial charge >= 0.3 is 0 Å². The molecule has 4 rings (SSSR count). The number of carbonyl (C=O) groups is 2. The molecule has 6 nitrogen and oxygen atoms in total. The number of likely N-dealkylation sites (tertiary alicyclic amines) is 1. The van der Waals surface area contributed by atoms with Gasteiger partial charge in [-0.2, -0.15) is 0 Å². The van der Waals surface area contributed by atoms with E-state index in [1.807, 2.05) is 18.7 Å². The Morgan fingerprint density at radius 3 is 2.62 bits per heavy atom. The third kappa shape index (κ3) is 2.99. The van der Waals surface area contributed by atoms with Crippen molar-refractivity contribution in [1.82, 2.24) is 9.88 Å². The number of hydrogen-bond donors (Lipinski definition) is 2. The van der Waals surface area contributed by atoms with Crippen molar-refractivity contribution in [2.45, 2.75) is 70.0 Å². The highest BCUT2D eigenvalue weighted by atomic mass is 16.5. The summed E-state index contributed by atoms with van der Waals surface area (Å²) in [6, 6.07) is 0. The molecule has 1 amide bonds. The van der Waals surface area contributed by atoms with Crippen LogP contribution in [0.2, 0.25) is 0 Å². The Morgan fingerprint density at radius 1 is 1.23 bits per heavy atom. The average molecular weight is 360 g/mol. The number of ketones is 1. The van der Waals surface area contributed by atoms with Crippen LogP contribution in [0.5, 0.6) is 0 Å². The number of nitrogens with zero attached hydrogens (tertiary/aromatic N) is 1. The van der Waals surface area contributed by atoms with Crippen molar-refractivity contribution in [3.05, 3.63) is 22.5 Å². The molecule has 0 aromatic carbocycles. The molecule has 6 heteroatoms. The number of hydrogen-bond acceptors (Lipinski definition) is 4. The van der Waals surface area contributed by atoms with E-state index in [0.717, 1.165) is 42.5 Å². The van der Waals surface area contributed by atoms with E-state index in [2.05, 4.69) is 4.98 Å². The second kappa shape index (κ2) is 6.20. The Bertz CT molecular complexity index is 741. The van der Waals surface area contributed by atoms with Crippen molar-refractivity contribution < 1.29 is 19.4 Å². The van der Waals surface area contributed by atoms with Crippen LogP contribution in [-0.2, 0) is 11.2 Å². The highest BCUT2D eigenvalue weighted by molar-refractivity contribution is 6.04. The van der Waals surface area contributed by atoms with Crippen molar-refractivity contribution in [2.24, 2.45) is 0 Å². The summed E-state index contributed by atoms with van der Waals surface area (Å²) < 4.78 is 6.03. The van der Waals surface area contributed by atoms with E-state index >= 15 is 0 Å². The molecule has 0 radical (unpaired) electrons. The molecule has 2 fully saturated rings. The lowest BCUT2D eigenvalue weighted by Crippen LogP contribution is -2.54. The number of aromatic nitrogens is 1. The molecule has 142 valence electrons. The zero-order valence-electron chi connectivity index (χ0n) is 15.7. The van der Waals surface area contributed by atoms with Gasteiger partial charge in [0.05, 0.1) is 17.8 Å². The van der Waals surface area contributed by atoms with E-state index in [1.165, 1.54) is 0 Å². The molecular formula is C20H28N2O4. The quantitative estimate of drug-likeness (QED) is 0.805. The highest BCUT2D eigenvalue weighted by Gasteiger charge is 2.45. The minimum Gasteiger partial charge on any atom is -0.390 e. The number of fused-ring (bicyclic) bond motifs is 1. The molecular weight excluding hydrogens is 332 g/mol. The number of amides is 1. The maximum Gasteiger partial charge on any atom is 0.270 e. The number of Topliss-reactive ketones (excluding diaryl/α,β-unsaturated/α-hetero) is 1. The summed E-state index contributed by atoms with van der Waals surface area (Å²) in [7, 11) is 0. The molecule has 2 saturated heterocycles. The van der Waals surface area contributed by atoms with Crippen LogP contribution in [0.3, 0.4) is 0 Å². The van der Waals surface area contributed by atoms with Gasteiger partial charge in [0.2, 0.25) is 0 Å². The van der Waals surface area contributed by atoms with Gasteiger partial charge in [0.15, 0.2) is 5.78 Å². The van der Waals surface area contributed by atoms with Crippen molar-refractivity contribution in [3.8, 4) is 0 Å². The number of aromatic amines is 1. The van der Waals surface area contributed by atoms with Crippen LogP contribution in [0.25, 0.3) is 0 Å². The molecule has 3 aliphatic rings. The predicted molar refractivity (Wildman–Crippen MR) is 96.5 cm³/mol. The summed E-state index contributed by atoms with van der Waals surface area (Å²) in [5.74, 6) is 0.122. The van der Waals surface area contributed by atoms with E-state index in [9.17, 15) is 14.7 Å². The number of H-pyrrole nitrogens is 1. The van der Waals surface area contributed by atoms with Crippen molar-refractivity contribution in [3.63, 3.8) is 0 Å². The largest absolute Gasteiger partial charge is 0.390 e. The first-order chi connectivity index (χ1) is 12.3. The maximum absolute atomic E-state index is 13.0. The van der Waals surface area contributed by atoms with Gasteiger partial charge in [-0.1, -0.05) is 0 Å². The molecule has 1 aromatic heterocycles. The Kier molecular flexibility index (Phi) is 4.23. The van der Waals surface area contributed by atoms with Crippen molar-refractivity contribution in [2.75, 3.05) is 19.7 Å². The maximum atomic E-state index is 13.0. The van der Waals surface area contributed by atoms with E-state index in [0.29, 0.717) is 44.7 Å². The lowest BCUT2D eigenvalue weighted by atomic mass is 9.78. The standard InChI is InChI=1S/C20H28N2O4/c1-13-16-14(4-3-5-15(16)23)21-17(13)18(24)22-9-6-20(7-10-22)12-19(2,25)8-11-26-20/h21,25H,3-12H2,1-2H3. The van der Waals surface area contributed by atoms with Crippen molar-refractivity contribution >= 4 is 11.7 Å². The van der Waals surface area contributed by atoms with E-state index in [1.54, 1.807) is 0 Å². The normalized spacial score (nSPS) is 28.3. The van der Waals surface area contributed by atoms with Gasteiger partial charge < -0.3 is 19.7 Å². The zero-order valence-corrected chi connectivity index (χ0v) is 15.7. The fraction of sp³-hybridized carbons (Fsp3) is 0.700. The van der Waals surface area contributed by atoms with Crippen LogP contribution >= 0.6 is 0 Å². The minimum absolute atomic E-state index is 0.0258. The van der Waals surface area contributed by atoms with Crippen LogP contribution in [0, 0.1) is 6.92 Å². The summed E-state index contributed by atoms with van der Waals surface area (Å²) in [6.45, 7) is 5.56. The van der Waals surface area contributed by atoms with Gasteiger partial charge in [0.25, 0.3) is 5.91 Å². The Hall–Kier alpha value is -1.66. The van der Waals surface area contributed by atoms with E-state index in [-0.39, 0.29) is 17.3 Å². The second-order valence-electron chi connectivity index (χ2n) is 8.50. The third-order valence-corrected chi connectivity index (χ3v) is 6.36. The van der Waals surface area contributed by atoms with E-state index < -0.39 is 5.60 Å². The van der Waals surface area contributed by atoms with E-state index in [4.69, 9.17) is 4.74 Å². The number of carbonyl (C=O) groups excluding carboxylic acids is 2. The molecule has 26 heavy (non-hydrogen) atoms. The minimum atomic E-state index is -0.681. The van der Waals surface area contributed by atoms with Gasteiger partial charge in [0, 0.05) is 37.2 Å². The monoisotopic (exact) mass is 360 g/mol. The SMILES string of the molecule is Cc1c(C(=O)N2CCC3(CC2)CC(C)(O)CCO3)[nH]c2c1C(=O)CCC2. The molecule has 1 aromatic rings. The Balaban J connectivity index is 1.49. The van der Waals surface area contributed by atoms with Gasteiger partial charge in [-0.05, 0) is 51.5 Å². The molecule has 1 atom stereocenters. The first-order valence-corrected chi connectivity index (χ1v) is 9.71. The van der Waals surface area contributed by atoms with Crippen LogP contribution in [0.1, 0.15) is 77.6 Å². The first-order valence-electron chi connectivity index (χ1n) is 9.71. The van der Waals surface area contributed by atoms with Crippen LogP contribution in [0.4, 0.5) is 0 Å². The van der Waals surface area contributed by atoms with Gasteiger partial charge in [-0.25, -0.2) is 0 Å². The topological polar surface area (TPSA) is 82.6 Å². The lowest BCUT2D eigenvalue weighted by Gasteiger charge is -2.48. The Morgan fingerprint density at radius 2 is 1.96 bits per heavy atom. The number of piperidine rings is 1. The molecule has 0 bridgehead atoms. The van der Waals surface area contributed by atoms with Crippen LogP contribution in [-0.4, -0.2) is 57.6 Å². The number of aryl methyl sites for hydroxylation is 1. The molecule has 2 aliphatic heterocycles. The molecule has 1 unspecified atom stereocenters. The van der Waals surface area contributed by atoms with Crippen molar-refractivity contribution in [1.29, 1.82) is 0 Å². The van der Waals surface area contributed by atoms with Gasteiger partial charge in [-0.3, -0.25) is 9.59 Å². The average Bonchev–Trinajstić information content (AvgIpc) is 2.92. The van der Waals surface area contributed by atoms with Gasteiger partial charge in [0.1, 0.15) is 5.69 Å². The molecule has 2 N–H and O–H groups in total. The number of nitrogens with one attached hydrogen (secondary N) is 1. The summed E-state index contributed by atoms with van der Waals surface area (Å²) in [5.41, 5.74) is 2.03. The summed E-state index contributed by atoms with van der Waals surface area (Å²) in [5, 5.41) is 10.4. The fourth-order valence-corrected chi connectivity index (χ4v) is 4.91. The highest BCUT2D eigenvalue weighted by Crippen LogP contribution is 2.39. The third-order valence-electron chi connectivity index (χ3n) is 6.36. The molecule has 1 spiro atoms. The zero-order chi connectivity index (χ0) is 18.5. The number of aliphatic hydroxyl groups is 1. The summed E-state index contributed by atoms with van der Waals surface area (Å²) in [6.07, 6.45) is 5.04. The summed E-state index contributed by atoms with van der Waals surface area (Å²) >= 11 is 0. The lowest BCUT2D eigenvalue weighted by molar-refractivity contribution is -0.170. The fourth-order valence-electron chi connectivity index (χ4n) is 4.91. The first kappa shape index (κ1) is 17.7. The number of rotatable bonds is 1. The predicted octanol–water partition coefficient (Wildman–Crippen LogP) is 2.38. The van der Waals surface area contributed by atoms with Crippen LogP contribution < -0.4 is 0 Å². The molecule has 1 aliphatic carbocycles. The Labute approximate surface area is 153 Å². The smallest absolute Gasteiger partial charge is 0.270 e. The second-order valence-corrected chi connectivity index (χ2v) is 8.50. The summed E-state index contributed by atoms with van der Waals surface area (Å²) in [4.78, 5) is 30.3. The van der Waals surface area contributed by atoms with Gasteiger partial charge in [-0.15, -0.1) is 0 Å². The van der Waals surface area contributed by atoms with Crippen LogP contribution in [0.15, 0.2) is 0 Å². The molecule has 3 heterocycles. The molecule has 0 saturated carbocycles. The number of ether oxygens (including phenoxy) is 1.